The summed E-state index contributed by atoms with van der Waals surface area (Å²) in [4.78, 5) is 29.9. The lowest BCUT2D eigenvalue weighted by Gasteiger charge is -2.52. The molecule has 1 N–H and O–H groups in total. The summed E-state index contributed by atoms with van der Waals surface area (Å²) in [5.41, 5.74) is -1.91. The van der Waals surface area contributed by atoms with E-state index in [9.17, 15) is 14.7 Å². The molecule has 0 aromatic heterocycles. The van der Waals surface area contributed by atoms with E-state index in [1.165, 1.54) is 0 Å². The van der Waals surface area contributed by atoms with Crippen molar-refractivity contribution in [1.82, 2.24) is 4.90 Å². The molecule has 2 bridgehead atoms. The van der Waals surface area contributed by atoms with Gasteiger partial charge in [0.2, 0.25) is 0 Å². The monoisotopic (exact) mass is 515 g/mol. The maximum atomic E-state index is 14.8. The lowest BCUT2D eigenvalue weighted by molar-refractivity contribution is -0.303. The van der Waals surface area contributed by atoms with Gasteiger partial charge in [-0.2, -0.15) is 0 Å². The molecule has 1 amide bonds. The van der Waals surface area contributed by atoms with Gasteiger partial charge in [-0.3, -0.25) is 4.79 Å². The molecular weight excluding hydrogens is 470 g/mol. The van der Waals surface area contributed by atoms with Crippen LogP contribution in [0.3, 0.4) is 0 Å². The molecule has 1 spiro atoms. The SMILES string of the molecule is CC1=C[C@]23C(=O)[C@@H](C=C4COC(C)(C)O[C@H]4[C@]2(O)[C@H]1OC(=O)N(C)C1CCCC1)C(C)(C)[C@@H](C)C[C@H]3C. The van der Waals surface area contributed by atoms with Crippen molar-refractivity contribution in [1.29, 1.82) is 0 Å². The number of carbonyl (C=O) groups excluding carboxylic acids is 2. The second-order valence-corrected chi connectivity index (χ2v) is 13.5. The molecule has 37 heavy (non-hydrogen) atoms. The number of ketones is 1. The molecule has 4 aliphatic carbocycles. The van der Waals surface area contributed by atoms with Gasteiger partial charge in [0.05, 0.1) is 12.0 Å². The zero-order chi connectivity index (χ0) is 27.1. The highest BCUT2D eigenvalue weighted by Crippen LogP contribution is 2.63. The van der Waals surface area contributed by atoms with E-state index in [0.717, 1.165) is 37.7 Å². The first kappa shape index (κ1) is 26.9. The van der Waals surface area contributed by atoms with Gasteiger partial charge in [-0.1, -0.05) is 52.7 Å². The number of fused-ring (bicyclic) bond motifs is 3. The molecule has 206 valence electrons. The van der Waals surface area contributed by atoms with E-state index in [0.29, 0.717) is 5.57 Å². The fourth-order valence-electron chi connectivity index (χ4n) is 7.99. The van der Waals surface area contributed by atoms with E-state index in [2.05, 4.69) is 27.7 Å². The second kappa shape index (κ2) is 8.65. The van der Waals surface area contributed by atoms with E-state index in [1.54, 1.807) is 11.9 Å². The van der Waals surface area contributed by atoms with Crippen LogP contribution >= 0.6 is 0 Å². The third-order valence-electron chi connectivity index (χ3n) is 10.7. The first-order chi connectivity index (χ1) is 17.2. The van der Waals surface area contributed by atoms with Crippen molar-refractivity contribution in [3.63, 3.8) is 0 Å². The van der Waals surface area contributed by atoms with Crippen molar-refractivity contribution in [2.45, 2.75) is 110 Å². The van der Waals surface area contributed by atoms with Crippen LogP contribution in [0, 0.1) is 28.6 Å². The highest BCUT2D eigenvalue weighted by atomic mass is 16.7. The maximum absolute atomic E-state index is 14.8. The standard InChI is InChI=1S/C30H45NO6/c1-17-15-29-19(3)13-18(2)27(4,5)22(23(29)32)14-20-16-35-28(6,7)37-25(20)30(29,34)24(17)36-26(33)31(8)21-11-9-10-12-21/h14-15,18-19,21-22,24-25,34H,9-13,16H2,1-8H3/t18-,19+,22+,24-,25+,29-,30+/m0/s1. The number of hydrogen-bond acceptors (Lipinski definition) is 6. The van der Waals surface area contributed by atoms with Gasteiger partial charge >= 0.3 is 6.09 Å². The van der Waals surface area contributed by atoms with Crippen LogP contribution in [-0.4, -0.2) is 65.2 Å². The number of ether oxygens (including phenoxy) is 3. The fraction of sp³-hybridized carbons (Fsp3) is 0.800. The molecule has 0 aromatic carbocycles. The Morgan fingerprint density at radius 3 is 2.43 bits per heavy atom. The zero-order valence-corrected chi connectivity index (χ0v) is 23.8. The number of rotatable bonds is 2. The van der Waals surface area contributed by atoms with Crippen molar-refractivity contribution in [3.05, 3.63) is 23.3 Å². The van der Waals surface area contributed by atoms with Crippen molar-refractivity contribution in [3.8, 4) is 0 Å². The Morgan fingerprint density at radius 2 is 1.78 bits per heavy atom. The quantitative estimate of drug-likeness (QED) is 0.520. The van der Waals surface area contributed by atoms with Crippen LogP contribution in [0.4, 0.5) is 4.79 Å². The van der Waals surface area contributed by atoms with E-state index in [1.807, 2.05) is 32.9 Å². The lowest BCUT2D eigenvalue weighted by atomic mass is 9.59. The van der Waals surface area contributed by atoms with Crippen LogP contribution in [0.1, 0.15) is 80.6 Å². The summed E-state index contributed by atoms with van der Waals surface area (Å²) in [5.74, 6) is -1.35. The Morgan fingerprint density at radius 1 is 1.14 bits per heavy atom. The molecule has 1 heterocycles. The van der Waals surface area contributed by atoms with Crippen LogP contribution in [0.15, 0.2) is 23.3 Å². The summed E-state index contributed by atoms with van der Waals surface area (Å²) >= 11 is 0. The predicted octanol–water partition coefficient (Wildman–Crippen LogP) is 5.02. The van der Waals surface area contributed by atoms with Gasteiger partial charge in [-0.15, -0.1) is 0 Å². The van der Waals surface area contributed by atoms with Gasteiger partial charge in [-0.05, 0) is 68.4 Å². The number of aliphatic hydroxyl groups is 1. The molecule has 3 fully saturated rings. The minimum absolute atomic E-state index is 0.0118. The van der Waals surface area contributed by atoms with Gasteiger partial charge in [0.15, 0.2) is 23.3 Å². The topological polar surface area (TPSA) is 85.3 Å². The van der Waals surface area contributed by atoms with E-state index in [4.69, 9.17) is 14.2 Å². The second-order valence-electron chi connectivity index (χ2n) is 13.5. The summed E-state index contributed by atoms with van der Waals surface area (Å²) < 4.78 is 18.7. The normalized spacial score (nSPS) is 42.6. The summed E-state index contributed by atoms with van der Waals surface area (Å²) in [6.45, 7) is 14.3. The molecular formula is C30H45NO6. The molecule has 5 rings (SSSR count). The third-order valence-corrected chi connectivity index (χ3v) is 10.7. The summed E-state index contributed by atoms with van der Waals surface area (Å²) in [7, 11) is 1.78. The molecule has 1 aliphatic heterocycles. The smallest absolute Gasteiger partial charge is 0.410 e. The van der Waals surface area contributed by atoms with Crippen LogP contribution in [0.5, 0.6) is 0 Å². The predicted molar refractivity (Wildman–Crippen MR) is 140 cm³/mol. The zero-order valence-electron chi connectivity index (χ0n) is 23.8. The number of Topliss-reactive ketones (excluding diaryl/α,β-unsaturated/α-hetero) is 1. The van der Waals surface area contributed by atoms with E-state index in [-0.39, 0.29) is 35.7 Å². The Labute approximate surface area is 221 Å². The number of carbonyl (C=O) groups is 2. The molecule has 5 aliphatic rings. The van der Waals surface area contributed by atoms with Crippen LogP contribution in [0.2, 0.25) is 0 Å². The average molecular weight is 516 g/mol. The fourth-order valence-corrected chi connectivity index (χ4v) is 7.99. The molecule has 0 aromatic rings. The van der Waals surface area contributed by atoms with Crippen molar-refractivity contribution >= 4 is 11.9 Å². The number of amides is 1. The van der Waals surface area contributed by atoms with Crippen molar-refractivity contribution in [2.75, 3.05) is 13.7 Å². The number of hydrogen-bond donors (Lipinski definition) is 1. The average Bonchev–Trinajstić information content (AvgIpc) is 3.41. The molecule has 7 atom stereocenters. The Bertz CT molecular complexity index is 1040. The lowest BCUT2D eigenvalue weighted by Crippen LogP contribution is -2.68. The molecule has 1 saturated heterocycles. The first-order valence-electron chi connectivity index (χ1n) is 14.1. The van der Waals surface area contributed by atoms with Crippen LogP contribution in [-0.2, 0) is 19.0 Å². The van der Waals surface area contributed by atoms with E-state index < -0.39 is 41.0 Å². The largest absolute Gasteiger partial charge is 0.438 e. The minimum Gasteiger partial charge on any atom is -0.438 e. The number of allylic oxidation sites excluding steroid dienone is 1. The van der Waals surface area contributed by atoms with Gasteiger partial charge in [0.25, 0.3) is 0 Å². The van der Waals surface area contributed by atoms with Crippen molar-refractivity contribution in [2.24, 2.45) is 28.6 Å². The highest BCUT2D eigenvalue weighted by Gasteiger charge is 2.74. The van der Waals surface area contributed by atoms with Crippen LogP contribution in [0.25, 0.3) is 0 Å². The highest BCUT2D eigenvalue weighted by molar-refractivity contribution is 5.95. The molecule has 0 unspecified atom stereocenters. The Balaban J connectivity index is 1.66. The first-order valence-corrected chi connectivity index (χ1v) is 14.1. The van der Waals surface area contributed by atoms with Crippen molar-refractivity contribution < 1.29 is 28.9 Å². The molecule has 7 heteroatoms. The third kappa shape index (κ3) is 3.70. The summed E-state index contributed by atoms with van der Waals surface area (Å²) in [6, 6.07) is 0.133. The Hall–Kier alpha value is -1.70. The van der Waals surface area contributed by atoms with Gasteiger partial charge in [0.1, 0.15) is 6.10 Å². The van der Waals surface area contributed by atoms with Gasteiger partial charge in [-0.25, -0.2) is 4.79 Å². The Kier molecular flexibility index (Phi) is 6.29. The summed E-state index contributed by atoms with van der Waals surface area (Å²) in [5, 5.41) is 13.1. The van der Waals surface area contributed by atoms with Gasteiger partial charge in [0, 0.05) is 19.0 Å². The minimum atomic E-state index is -1.79. The molecule has 0 radical (unpaired) electrons. The maximum Gasteiger partial charge on any atom is 0.410 e. The number of nitrogens with zero attached hydrogens (tertiary/aromatic N) is 1. The van der Waals surface area contributed by atoms with Gasteiger partial charge < -0.3 is 24.2 Å². The molecule has 7 nitrogen and oxygen atoms in total. The van der Waals surface area contributed by atoms with Crippen LogP contribution < -0.4 is 0 Å². The summed E-state index contributed by atoms with van der Waals surface area (Å²) in [6.07, 6.45) is 6.47. The van der Waals surface area contributed by atoms with E-state index >= 15 is 0 Å². The molecule has 2 saturated carbocycles.